The Hall–Kier alpha value is -2.80. The molecule has 124 valence electrons. The van der Waals surface area contributed by atoms with Gasteiger partial charge >= 0.3 is 0 Å². The molecule has 0 aliphatic rings. The Morgan fingerprint density at radius 1 is 1.00 bits per heavy atom. The minimum atomic E-state index is -3.69. The Balaban J connectivity index is 1.85. The van der Waals surface area contributed by atoms with E-state index < -0.39 is 10.0 Å². The van der Waals surface area contributed by atoms with Gasteiger partial charge in [-0.15, -0.1) is 0 Å². The average Bonchev–Trinajstić information content (AvgIpc) is 2.87. The van der Waals surface area contributed by atoms with Gasteiger partial charge in [-0.25, -0.2) is 8.42 Å². The molecule has 1 amide bonds. The van der Waals surface area contributed by atoms with E-state index in [9.17, 15) is 13.2 Å². The Kier molecular flexibility index (Phi) is 4.02. The van der Waals surface area contributed by atoms with Crippen molar-refractivity contribution >= 4 is 38.2 Å². The van der Waals surface area contributed by atoms with Gasteiger partial charge in [0.2, 0.25) is 5.91 Å². The molecule has 0 aliphatic heterocycles. The van der Waals surface area contributed by atoms with E-state index in [-0.39, 0.29) is 10.8 Å². The third-order valence-corrected chi connectivity index (χ3v) is 5.02. The second kappa shape index (κ2) is 6.01. The van der Waals surface area contributed by atoms with Crippen molar-refractivity contribution in [1.82, 2.24) is 4.57 Å². The predicted molar refractivity (Wildman–Crippen MR) is 94.5 cm³/mol. The number of amides is 1. The van der Waals surface area contributed by atoms with Crippen LogP contribution in [0.5, 0.6) is 0 Å². The van der Waals surface area contributed by atoms with Crippen LogP contribution in [-0.2, 0) is 21.9 Å². The maximum atomic E-state index is 12.5. The molecule has 3 rings (SSSR count). The maximum absolute atomic E-state index is 12.5. The smallest absolute Gasteiger partial charge is 0.261 e. The molecule has 0 unspecified atom stereocenters. The number of carbonyl (C=O) groups is 1. The van der Waals surface area contributed by atoms with E-state index in [4.69, 9.17) is 0 Å². The topological polar surface area (TPSA) is 80.2 Å². The highest BCUT2D eigenvalue weighted by atomic mass is 32.2. The third kappa shape index (κ3) is 3.26. The number of fused-ring (bicyclic) bond motifs is 1. The lowest BCUT2D eigenvalue weighted by Crippen LogP contribution is -2.13. The summed E-state index contributed by atoms with van der Waals surface area (Å²) in [4.78, 5) is 11.1. The van der Waals surface area contributed by atoms with Crippen LogP contribution in [0, 0.1) is 0 Å². The van der Waals surface area contributed by atoms with Gasteiger partial charge in [0.1, 0.15) is 0 Å². The molecule has 3 aromatic rings. The number of rotatable bonds is 4. The van der Waals surface area contributed by atoms with Crippen LogP contribution in [0.3, 0.4) is 0 Å². The molecule has 2 aromatic carbocycles. The summed E-state index contributed by atoms with van der Waals surface area (Å²) in [7, 11) is -1.76. The van der Waals surface area contributed by atoms with Gasteiger partial charge in [-0.05, 0) is 48.5 Å². The Morgan fingerprint density at radius 2 is 1.67 bits per heavy atom. The van der Waals surface area contributed by atoms with Crippen molar-refractivity contribution in [2.75, 3.05) is 10.0 Å². The molecule has 7 heteroatoms. The van der Waals surface area contributed by atoms with Crippen LogP contribution in [0.2, 0.25) is 0 Å². The number of hydrogen-bond donors (Lipinski definition) is 2. The number of nitrogens with zero attached hydrogens (tertiary/aromatic N) is 1. The summed E-state index contributed by atoms with van der Waals surface area (Å²) >= 11 is 0. The first-order valence-corrected chi connectivity index (χ1v) is 8.79. The molecule has 0 spiro atoms. The summed E-state index contributed by atoms with van der Waals surface area (Å²) in [6.45, 7) is 1.39. The molecule has 0 saturated carbocycles. The van der Waals surface area contributed by atoms with Crippen molar-refractivity contribution < 1.29 is 13.2 Å². The second-order valence-electron chi connectivity index (χ2n) is 5.51. The monoisotopic (exact) mass is 343 g/mol. The highest BCUT2D eigenvalue weighted by molar-refractivity contribution is 7.92. The fraction of sp³-hybridized carbons (Fsp3) is 0.118. The van der Waals surface area contributed by atoms with Crippen molar-refractivity contribution in [3.63, 3.8) is 0 Å². The Labute approximate surface area is 140 Å². The summed E-state index contributed by atoms with van der Waals surface area (Å²) in [5.41, 5.74) is 2.07. The van der Waals surface area contributed by atoms with Crippen LogP contribution in [-0.4, -0.2) is 18.9 Å². The van der Waals surface area contributed by atoms with E-state index in [1.165, 1.54) is 19.1 Å². The molecule has 0 atom stereocenters. The van der Waals surface area contributed by atoms with Gasteiger partial charge in [0.25, 0.3) is 10.0 Å². The lowest BCUT2D eigenvalue weighted by atomic mass is 10.2. The molecule has 0 aliphatic carbocycles. The molecule has 6 nitrogen and oxygen atoms in total. The van der Waals surface area contributed by atoms with Gasteiger partial charge in [0.15, 0.2) is 0 Å². The highest BCUT2D eigenvalue weighted by Gasteiger charge is 2.14. The van der Waals surface area contributed by atoms with Crippen LogP contribution in [0.15, 0.2) is 59.6 Å². The van der Waals surface area contributed by atoms with Gasteiger partial charge in [-0.3, -0.25) is 9.52 Å². The molecule has 1 aromatic heterocycles. The van der Waals surface area contributed by atoms with E-state index in [0.717, 1.165) is 10.9 Å². The minimum Gasteiger partial charge on any atom is -0.351 e. The predicted octanol–water partition coefficient (Wildman–Crippen LogP) is 2.94. The van der Waals surface area contributed by atoms with Crippen molar-refractivity contribution in [2.24, 2.45) is 7.05 Å². The first kappa shape index (κ1) is 16.1. The lowest BCUT2D eigenvalue weighted by Gasteiger charge is -2.09. The van der Waals surface area contributed by atoms with E-state index in [1.807, 2.05) is 29.9 Å². The zero-order valence-corrected chi connectivity index (χ0v) is 14.1. The van der Waals surface area contributed by atoms with E-state index in [2.05, 4.69) is 10.0 Å². The quantitative estimate of drug-likeness (QED) is 0.764. The first-order chi connectivity index (χ1) is 11.3. The van der Waals surface area contributed by atoms with Crippen LogP contribution in [0.4, 0.5) is 11.4 Å². The van der Waals surface area contributed by atoms with Gasteiger partial charge < -0.3 is 9.88 Å². The fourth-order valence-electron chi connectivity index (χ4n) is 2.48. The minimum absolute atomic E-state index is 0.129. The van der Waals surface area contributed by atoms with Crippen LogP contribution >= 0.6 is 0 Å². The number of carbonyl (C=O) groups excluding carboxylic acids is 1. The largest absolute Gasteiger partial charge is 0.351 e. The van der Waals surface area contributed by atoms with Gasteiger partial charge in [0, 0.05) is 42.4 Å². The number of aromatic nitrogens is 1. The number of aryl methyl sites for hydroxylation is 1. The van der Waals surface area contributed by atoms with Crippen LogP contribution in [0.1, 0.15) is 6.92 Å². The number of hydrogen-bond acceptors (Lipinski definition) is 3. The highest BCUT2D eigenvalue weighted by Crippen LogP contribution is 2.23. The molecule has 0 bridgehead atoms. The van der Waals surface area contributed by atoms with Crippen molar-refractivity contribution in [2.45, 2.75) is 11.8 Å². The normalized spacial score (nSPS) is 11.4. The maximum Gasteiger partial charge on any atom is 0.261 e. The van der Waals surface area contributed by atoms with Crippen molar-refractivity contribution in [3.05, 3.63) is 54.7 Å². The van der Waals surface area contributed by atoms with Crippen molar-refractivity contribution in [1.29, 1.82) is 0 Å². The molecule has 2 N–H and O–H groups in total. The fourth-order valence-corrected chi connectivity index (χ4v) is 3.53. The zero-order valence-electron chi connectivity index (χ0n) is 13.3. The SMILES string of the molecule is CC(=O)Nc1ccc(S(=O)(=O)Nc2ccc3c(ccn3C)c2)cc1. The molecular formula is C17H17N3O3S. The zero-order chi connectivity index (χ0) is 17.3. The molecular weight excluding hydrogens is 326 g/mol. The Morgan fingerprint density at radius 3 is 2.33 bits per heavy atom. The average molecular weight is 343 g/mol. The lowest BCUT2D eigenvalue weighted by molar-refractivity contribution is -0.114. The summed E-state index contributed by atoms with van der Waals surface area (Å²) in [6, 6.07) is 13.3. The van der Waals surface area contributed by atoms with Gasteiger partial charge in [-0.1, -0.05) is 0 Å². The third-order valence-electron chi connectivity index (χ3n) is 3.62. The first-order valence-electron chi connectivity index (χ1n) is 7.31. The van der Waals surface area contributed by atoms with Crippen LogP contribution in [0.25, 0.3) is 10.9 Å². The number of nitrogens with one attached hydrogen (secondary N) is 2. The molecule has 24 heavy (non-hydrogen) atoms. The Bertz CT molecular complexity index is 1010. The number of anilines is 2. The number of sulfonamides is 1. The molecule has 1 heterocycles. The molecule has 0 radical (unpaired) electrons. The van der Waals surface area contributed by atoms with E-state index in [0.29, 0.717) is 11.4 Å². The molecule has 0 saturated heterocycles. The van der Waals surface area contributed by atoms with E-state index >= 15 is 0 Å². The second-order valence-corrected chi connectivity index (χ2v) is 7.19. The standard InChI is InChI=1S/C17H17N3O3S/c1-12(21)18-14-3-6-16(7-4-14)24(22,23)19-15-5-8-17-13(11-15)9-10-20(17)2/h3-11,19H,1-2H3,(H,18,21). The van der Waals surface area contributed by atoms with Gasteiger partial charge in [-0.2, -0.15) is 0 Å². The number of benzene rings is 2. The summed E-state index contributed by atoms with van der Waals surface area (Å²) in [6.07, 6.45) is 1.92. The summed E-state index contributed by atoms with van der Waals surface area (Å²) in [5, 5.41) is 3.56. The summed E-state index contributed by atoms with van der Waals surface area (Å²) < 4.78 is 29.5. The summed E-state index contributed by atoms with van der Waals surface area (Å²) in [5.74, 6) is -0.208. The van der Waals surface area contributed by atoms with Crippen molar-refractivity contribution in [3.8, 4) is 0 Å². The van der Waals surface area contributed by atoms with E-state index in [1.54, 1.807) is 24.3 Å². The molecule has 0 fully saturated rings. The van der Waals surface area contributed by atoms with Gasteiger partial charge in [0.05, 0.1) is 4.90 Å². The van der Waals surface area contributed by atoms with Crippen LogP contribution < -0.4 is 10.0 Å².